The summed E-state index contributed by atoms with van der Waals surface area (Å²) < 4.78 is 10.1. The number of carbonyl (C=O) groups is 2. The van der Waals surface area contributed by atoms with Crippen LogP contribution in [0.4, 0.5) is 11.4 Å². The summed E-state index contributed by atoms with van der Waals surface area (Å²) in [7, 11) is 0. The van der Waals surface area contributed by atoms with E-state index in [-0.39, 0.29) is 22.7 Å². The molecule has 9 nitrogen and oxygen atoms in total. The van der Waals surface area contributed by atoms with Crippen LogP contribution in [0.1, 0.15) is 10.6 Å². The number of carbonyl (C=O) groups excluding carboxylic acids is 2. The fourth-order valence-electron chi connectivity index (χ4n) is 2.30. The molecular formula is C18H12N2O7. The van der Waals surface area contributed by atoms with E-state index in [1.165, 1.54) is 30.3 Å². The third kappa shape index (κ3) is 4.15. The Morgan fingerprint density at radius 2 is 1.89 bits per heavy atom. The smallest absolute Gasteiger partial charge is 0.374 e. The molecule has 1 aromatic heterocycles. The second-order valence-electron chi connectivity index (χ2n) is 5.40. The highest BCUT2D eigenvalue weighted by Gasteiger charge is 2.16. The molecule has 0 saturated heterocycles. The van der Waals surface area contributed by atoms with E-state index < -0.39 is 28.8 Å². The van der Waals surface area contributed by atoms with E-state index >= 15 is 0 Å². The molecule has 2 aromatic carbocycles. The lowest BCUT2D eigenvalue weighted by atomic mass is 10.2. The van der Waals surface area contributed by atoms with E-state index in [1.807, 2.05) is 0 Å². The van der Waals surface area contributed by atoms with E-state index in [9.17, 15) is 24.5 Å². The Morgan fingerprint density at radius 3 is 2.67 bits per heavy atom. The topological polar surface area (TPSA) is 129 Å². The number of ether oxygens (including phenoxy) is 1. The number of nitro benzene ring substituents is 1. The third-order valence-corrected chi connectivity index (χ3v) is 3.51. The normalized spacial score (nSPS) is 10.4. The summed E-state index contributed by atoms with van der Waals surface area (Å²) in [5.41, 5.74) is -0.201. The van der Waals surface area contributed by atoms with Crippen molar-refractivity contribution >= 4 is 34.2 Å². The number of fused-ring (bicyclic) bond motifs is 1. The molecule has 27 heavy (non-hydrogen) atoms. The summed E-state index contributed by atoms with van der Waals surface area (Å²) in [6.07, 6.45) is 0. The van der Waals surface area contributed by atoms with Gasteiger partial charge in [0.25, 0.3) is 11.6 Å². The van der Waals surface area contributed by atoms with Gasteiger partial charge in [-0.15, -0.1) is 0 Å². The molecule has 0 unspecified atom stereocenters. The maximum atomic E-state index is 12.0. The molecule has 0 saturated carbocycles. The number of amides is 1. The zero-order valence-electron chi connectivity index (χ0n) is 13.7. The average Bonchev–Trinajstić information content (AvgIpc) is 2.66. The maximum Gasteiger partial charge on any atom is 0.374 e. The fourth-order valence-corrected chi connectivity index (χ4v) is 2.30. The first-order valence-corrected chi connectivity index (χ1v) is 7.68. The summed E-state index contributed by atoms with van der Waals surface area (Å²) in [6.45, 7) is -0.655. The maximum absolute atomic E-state index is 12.0. The minimum absolute atomic E-state index is 0.183. The van der Waals surface area contributed by atoms with Crippen molar-refractivity contribution < 1.29 is 23.7 Å². The molecule has 0 aliphatic carbocycles. The lowest BCUT2D eigenvalue weighted by Gasteiger charge is -2.06. The number of anilines is 1. The molecule has 0 aliphatic heterocycles. The average molecular weight is 368 g/mol. The summed E-state index contributed by atoms with van der Waals surface area (Å²) in [6, 6.07) is 12.7. The van der Waals surface area contributed by atoms with Gasteiger partial charge in [0.05, 0.1) is 10.3 Å². The zero-order chi connectivity index (χ0) is 19.4. The molecule has 1 amide bonds. The SMILES string of the molecule is O=C(COC(=O)c1cc(=O)c2ccccc2o1)Nc1cccc([N+](=O)[O-])c1. The van der Waals surface area contributed by atoms with E-state index in [2.05, 4.69) is 5.32 Å². The zero-order valence-corrected chi connectivity index (χ0v) is 13.7. The largest absolute Gasteiger partial charge is 0.450 e. The molecule has 0 aliphatic rings. The van der Waals surface area contributed by atoms with Crippen molar-refractivity contribution in [1.29, 1.82) is 0 Å². The van der Waals surface area contributed by atoms with E-state index in [4.69, 9.17) is 9.15 Å². The first-order valence-electron chi connectivity index (χ1n) is 7.68. The van der Waals surface area contributed by atoms with Crippen LogP contribution >= 0.6 is 0 Å². The molecule has 0 radical (unpaired) electrons. The van der Waals surface area contributed by atoms with Crippen LogP contribution in [0.25, 0.3) is 11.0 Å². The molecule has 3 rings (SSSR count). The highest BCUT2D eigenvalue weighted by atomic mass is 16.6. The van der Waals surface area contributed by atoms with Gasteiger partial charge < -0.3 is 14.5 Å². The van der Waals surface area contributed by atoms with Crippen LogP contribution in [0.15, 0.2) is 63.8 Å². The van der Waals surface area contributed by atoms with E-state index in [0.29, 0.717) is 5.39 Å². The fraction of sp³-hybridized carbons (Fsp3) is 0.0556. The first kappa shape index (κ1) is 17.8. The molecule has 9 heteroatoms. The van der Waals surface area contributed by atoms with Gasteiger partial charge in [-0.25, -0.2) is 4.79 Å². The molecular weight excluding hydrogens is 356 g/mol. The lowest BCUT2D eigenvalue weighted by molar-refractivity contribution is -0.384. The highest BCUT2D eigenvalue weighted by molar-refractivity contribution is 5.95. The number of hydrogen-bond donors (Lipinski definition) is 1. The van der Waals surface area contributed by atoms with Crippen LogP contribution in [0, 0.1) is 10.1 Å². The molecule has 136 valence electrons. The molecule has 0 spiro atoms. The number of rotatable bonds is 5. The Morgan fingerprint density at radius 1 is 1.11 bits per heavy atom. The monoisotopic (exact) mass is 368 g/mol. The second-order valence-corrected chi connectivity index (χ2v) is 5.40. The Kier molecular flexibility index (Phi) is 4.93. The van der Waals surface area contributed by atoms with Crippen LogP contribution < -0.4 is 10.7 Å². The van der Waals surface area contributed by atoms with Crippen molar-refractivity contribution in [3.05, 3.63) is 80.7 Å². The highest BCUT2D eigenvalue weighted by Crippen LogP contribution is 2.17. The van der Waals surface area contributed by atoms with Crippen molar-refractivity contribution in [2.75, 3.05) is 11.9 Å². The standard InChI is InChI=1S/C18H12N2O7/c21-14-9-16(27-15-7-2-1-6-13(14)15)18(23)26-10-17(22)19-11-4-3-5-12(8-11)20(24)25/h1-9H,10H2,(H,19,22). The van der Waals surface area contributed by atoms with Gasteiger partial charge in [-0.05, 0) is 18.2 Å². The van der Waals surface area contributed by atoms with Gasteiger partial charge in [-0.3, -0.25) is 19.7 Å². The van der Waals surface area contributed by atoms with Gasteiger partial charge >= 0.3 is 5.97 Å². The molecule has 0 bridgehead atoms. The van der Waals surface area contributed by atoms with Gasteiger partial charge in [-0.1, -0.05) is 18.2 Å². The van der Waals surface area contributed by atoms with Crippen LogP contribution in [0.2, 0.25) is 0 Å². The third-order valence-electron chi connectivity index (χ3n) is 3.51. The van der Waals surface area contributed by atoms with Crippen molar-refractivity contribution in [2.45, 2.75) is 0 Å². The van der Waals surface area contributed by atoms with Gasteiger partial charge in [-0.2, -0.15) is 0 Å². The number of nitrogens with one attached hydrogen (secondary N) is 1. The van der Waals surface area contributed by atoms with Crippen molar-refractivity contribution in [3.63, 3.8) is 0 Å². The van der Waals surface area contributed by atoms with Gasteiger partial charge in [0.2, 0.25) is 5.76 Å². The summed E-state index contributed by atoms with van der Waals surface area (Å²) in [4.78, 5) is 46.0. The first-order chi connectivity index (χ1) is 12.9. The van der Waals surface area contributed by atoms with Crippen LogP contribution in [-0.2, 0) is 9.53 Å². The summed E-state index contributed by atoms with van der Waals surface area (Å²) >= 11 is 0. The Balaban J connectivity index is 1.65. The number of esters is 1. The predicted molar refractivity (Wildman–Crippen MR) is 94.5 cm³/mol. The van der Waals surface area contributed by atoms with Crippen LogP contribution in [0.5, 0.6) is 0 Å². The van der Waals surface area contributed by atoms with Gasteiger partial charge in [0, 0.05) is 23.9 Å². The van der Waals surface area contributed by atoms with Gasteiger partial charge in [0.1, 0.15) is 5.58 Å². The Bertz CT molecular complexity index is 1100. The number of benzene rings is 2. The van der Waals surface area contributed by atoms with E-state index in [1.54, 1.807) is 18.2 Å². The molecule has 0 fully saturated rings. The number of nitrogens with zero attached hydrogens (tertiary/aromatic N) is 1. The Hall–Kier alpha value is -4.01. The number of hydrogen-bond acceptors (Lipinski definition) is 7. The molecule has 1 N–H and O–H groups in total. The number of non-ortho nitro benzene ring substituents is 1. The second kappa shape index (κ2) is 7.48. The van der Waals surface area contributed by atoms with Crippen LogP contribution in [-0.4, -0.2) is 23.4 Å². The number of nitro groups is 1. The quantitative estimate of drug-likeness (QED) is 0.416. The molecule has 3 aromatic rings. The molecule has 0 atom stereocenters. The predicted octanol–water partition coefficient (Wildman–Crippen LogP) is 2.50. The molecule has 1 heterocycles. The Labute approximate surface area is 151 Å². The van der Waals surface area contributed by atoms with Crippen molar-refractivity contribution in [1.82, 2.24) is 0 Å². The van der Waals surface area contributed by atoms with Gasteiger partial charge in [0.15, 0.2) is 12.0 Å². The van der Waals surface area contributed by atoms with E-state index in [0.717, 1.165) is 6.07 Å². The van der Waals surface area contributed by atoms with Crippen molar-refractivity contribution in [3.8, 4) is 0 Å². The van der Waals surface area contributed by atoms with Crippen LogP contribution in [0.3, 0.4) is 0 Å². The minimum atomic E-state index is -0.980. The minimum Gasteiger partial charge on any atom is -0.450 e. The summed E-state index contributed by atoms with van der Waals surface area (Å²) in [5.74, 6) is -2.01. The summed E-state index contributed by atoms with van der Waals surface area (Å²) in [5, 5.41) is 13.4. The number of para-hydroxylation sites is 1. The van der Waals surface area contributed by atoms with Crippen molar-refractivity contribution in [2.24, 2.45) is 0 Å². The lowest BCUT2D eigenvalue weighted by Crippen LogP contribution is -2.21.